The second-order valence-electron chi connectivity index (χ2n) is 3.88. The number of thioether (sulfide) groups is 1. The van der Waals surface area contributed by atoms with Crippen molar-refractivity contribution >= 4 is 17.7 Å². The molecule has 0 spiro atoms. The molecule has 0 fully saturated rings. The Hall–Kier alpha value is -2.02. The zero-order chi connectivity index (χ0) is 13.8. The van der Waals surface area contributed by atoms with E-state index in [0.717, 1.165) is 17.3 Å². The third-order valence-corrected chi connectivity index (χ3v) is 3.88. The fraction of sp³-hybridized carbons (Fsp3) is 0.250. The molecule has 2 N–H and O–H groups in total. The van der Waals surface area contributed by atoms with Crippen molar-refractivity contribution in [2.45, 2.75) is 23.8 Å². The van der Waals surface area contributed by atoms with Crippen molar-refractivity contribution in [3.05, 3.63) is 30.3 Å². The first kappa shape index (κ1) is 13.4. The van der Waals surface area contributed by atoms with Crippen molar-refractivity contribution in [1.82, 2.24) is 14.9 Å². The number of rotatable bonds is 5. The highest BCUT2D eigenvalue weighted by molar-refractivity contribution is 8.00. The Morgan fingerprint density at radius 2 is 2.11 bits per heavy atom. The number of carboxylic acid groups (broad SMARTS) is 1. The van der Waals surface area contributed by atoms with Crippen molar-refractivity contribution in [2.24, 2.45) is 0 Å². The summed E-state index contributed by atoms with van der Waals surface area (Å²) in [6.07, 6.45) is 0.431. The lowest BCUT2D eigenvalue weighted by atomic mass is 10.2. The molecule has 1 atom stereocenters. The number of carbonyl (C=O) groups excluding carboxylic acids is 1. The van der Waals surface area contributed by atoms with Crippen LogP contribution in [0.15, 0.2) is 35.5 Å². The number of hydrogen-bond donors (Lipinski definition) is 1. The molecule has 0 saturated carbocycles. The Kier molecular flexibility index (Phi) is 4.06. The van der Waals surface area contributed by atoms with Crippen LogP contribution in [0.5, 0.6) is 0 Å². The molecule has 6 nitrogen and oxygen atoms in total. The molecule has 7 heteroatoms. The number of nitrogens with two attached hydrogens (primary N) is 1. The van der Waals surface area contributed by atoms with Crippen molar-refractivity contribution in [2.75, 3.05) is 5.84 Å². The summed E-state index contributed by atoms with van der Waals surface area (Å²) in [6, 6.07) is 9.34. The van der Waals surface area contributed by atoms with Crippen LogP contribution in [0.4, 0.5) is 0 Å². The lowest BCUT2D eigenvalue weighted by Crippen LogP contribution is -2.33. The average Bonchev–Trinajstić information content (AvgIpc) is 2.78. The molecule has 1 aromatic carbocycles. The first-order valence-corrected chi connectivity index (χ1v) is 6.65. The largest absolute Gasteiger partial charge is 0.549 e. The van der Waals surface area contributed by atoms with Crippen molar-refractivity contribution in [3.8, 4) is 11.4 Å². The van der Waals surface area contributed by atoms with Gasteiger partial charge in [0.1, 0.15) is 0 Å². The molecule has 0 saturated heterocycles. The number of hydrogen-bond acceptors (Lipinski definition) is 6. The van der Waals surface area contributed by atoms with E-state index in [2.05, 4.69) is 10.2 Å². The minimum atomic E-state index is -1.13. The number of carboxylic acids is 1. The molecule has 100 valence electrons. The molecular formula is C12H13N4O2S-. The summed E-state index contributed by atoms with van der Waals surface area (Å²) < 4.78 is 1.30. The summed E-state index contributed by atoms with van der Waals surface area (Å²) in [6.45, 7) is 1.77. The van der Waals surface area contributed by atoms with E-state index in [1.54, 1.807) is 6.92 Å². The second kappa shape index (κ2) is 5.75. The van der Waals surface area contributed by atoms with Gasteiger partial charge in [0.2, 0.25) is 5.16 Å². The van der Waals surface area contributed by atoms with Crippen LogP contribution in [0.3, 0.4) is 0 Å². The van der Waals surface area contributed by atoms with Crippen LogP contribution in [0, 0.1) is 0 Å². The fourth-order valence-electron chi connectivity index (χ4n) is 1.57. The molecule has 1 heterocycles. The number of carbonyl (C=O) groups is 1. The number of aromatic nitrogens is 3. The van der Waals surface area contributed by atoms with E-state index in [1.807, 2.05) is 30.3 Å². The topological polar surface area (TPSA) is 96.9 Å². The van der Waals surface area contributed by atoms with E-state index in [-0.39, 0.29) is 0 Å². The minimum Gasteiger partial charge on any atom is -0.549 e. The molecule has 2 rings (SSSR count). The van der Waals surface area contributed by atoms with Gasteiger partial charge in [-0.1, -0.05) is 49.0 Å². The molecule has 0 unspecified atom stereocenters. The predicted molar refractivity (Wildman–Crippen MR) is 70.6 cm³/mol. The lowest BCUT2D eigenvalue weighted by molar-refractivity contribution is -0.304. The Bertz CT molecular complexity index is 570. The highest BCUT2D eigenvalue weighted by atomic mass is 32.2. The molecule has 0 aliphatic heterocycles. The molecule has 2 aromatic rings. The zero-order valence-corrected chi connectivity index (χ0v) is 11.1. The summed E-state index contributed by atoms with van der Waals surface area (Å²) in [5, 5.41) is 18.5. The smallest absolute Gasteiger partial charge is 0.210 e. The average molecular weight is 277 g/mol. The predicted octanol–water partition coefficient (Wildman–Crippen LogP) is 0.279. The van der Waals surface area contributed by atoms with Gasteiger partial charge in [-0.25, -0.2) is 4.68 Å². The van der Waals surface area contributed by atoms with E-state index >= 15 is 0 Å². The van der Waals surface area contributed by atoms with Gasteiger partial charge in [0.05, 0.1) is 11.2 Å². The van der Waals surface area contributed by atoms with Gasteiger partial charge in [0.25, 0.3) is 0 Å². The number of nitrogen functional groups attached to an aromatic ring is 1. The Labute approximate surface area is 114 Å². The van der Waals surface area contributed by atoms with Gasteiger partial charge in [-0.15, -0.1) is 10.2 Å². The van der Waals surface area contributed by atoms with Crippen LogP contribution in [0.25, 0.3) is 11.4 Å². The van der Waals surface area contributed by atoms with E-state index in [0.29, 0.717) is 17.4 Å². The van der Waals surface area contributed by atoms with Crippen LogP contribution in [-0.4, -0.2) is 26.1 Å². The van der Waals surface area contributed by atoms with Crippen LogP contribution in [-0.2, 0) is 4.79 Å². The van der Waals surface area contributed by atoms with E-state index < -0.39 is 11.2 Å². The Morgan fingerprint density at radius 3 is 2.68 bits per heavy atom. The van der Waals surface area contributed by atoms with Gasteiger partial charge in [0, 0.05) is 5.56 Å². The summed E-state index contributed by atoms with van der Waals surface area (Å²) >= 11 is 1.04. The highest BCUT2D eigenvalue weighted by Crippen LogP contribution is 2.25. The highest BCUT2D eigenvalue weighted by Gasteiger charge is 2.17. The lowest BCUT2D eigenvalue weighted by Gasteiger charge is -2.14. The molecule has 0 amide bonds. The molecule has 0 radical (unpaired) electrons. The van der Waals surface area contributed by atoms with Gasteiger partial charge in [-0.2, -0.15) is 0 Å². The summed E-state index contributed by atoms with van der Waals surface area (Å²) in [4.78, 5) is 10.9. The molecule has 0 bridgehead atoms. The van der Waals surface area contributed by atoms with Crippen LogP contribution in [0.1, 0.15) is 13.3 Å². The van der Waals surface area contributed by atoms with Crippen LogP contribution in [0.2, 0.25) is 0 Å². The summed E-state index contributed by atoms with van der Waals surface area (Å²) in [5.41, 5.74) is 0.825. The van der Waals surface area contributed by atoms with E-state index in [4.69, 9.17) is 5.84 Å². The first-order chi connectivity index (χ1) is 9.13. The number of benzene rings is 1. The minimum absolute atomic E-state index is 0.356. The molecule has 19 heavy (non-hydrogen) atoms. The van der Waals surface area contributed by atoms with Crippen molar-refractivity contribution in [1.29, 1.82) is 0 Å². The maximum Gasteiger partial charge on any atom is 0.210 e. The Morgan fingerprint density at radius 1 is 1.42 bits per heavy atom. The third-order valence-electron chi connectivity index (χ3n) is 2.58. The van der Waals surface area contributed by atoms with Gasteiger partial charge < -0.3 is 15.7 Å². The van der Waals surface area contributed by atoms with Crippen molar-refractivity contribution in [3.63, 3.8) is 0 Å². The van der Waals surface area contributed by atoms with E-state index in [1.165, 1.54) is 4.68 Å². The van der Waals surface area contributed by atoms with Gasteiger partial charge in [0.15, 0.2) is 5.82 Å². The second-order valence-corrected chi connectivity index (χ2v) is 5.05. The molecule has 0 aliphatic carbocycles. The molecule has 1 aromatic heterocycles. The normalized spacial score (nSPS) is 12.3. The number of nitrogens with zero attached hydrogens (tertiary/aromatic N) is 3. The zero-order valence-electron chi connectivity index (χ0n) is 10.3. The molecular weight excluding hydrogens is 264 g/mol. The fourth-order valence-corrected chi connectivity index (χ4v) is 2.37. The summed E-state index contributed by atoms with van der Waals surface area (Å²) in [5.74, 6) is 5.26. The Balaban J connectivity index is 2.26. The van der Waals surface area contributed by atoms with Crippen molar-refractivity contribution < 1.29 is 9.90 Å². The maximum atomic E-state index is 10.9. The maximum absolute atomic E-state index is 10.9. The standard InChI is InChI=1S/C12H14N4O2S/c1-2-9(11(17)18)19-12-15-14-10(16(12)13)8-6-4-3-5-7-8/h3-7,9H,2,13H2,1H3,(H,17,18)/p-1/t9-/m0/s1. The van der Waals surface area contributed by atoms with Gasteiger partial charge in [-0.3, -0.25) is 0 Å². The quantitative estimate of drug-likeness (QED) is 0.623. The SMILES string of the molecule is CC[C@H](Sc1nnc(-c2ccccc2)n1N)C(=O)[O-]. The summed E-state index contributed by atoms with van der Waals surface area (Å²) in [7, 11) is 0. The third kappa shape index (κ3) is 2.87. The monoisotopic (exact) mass is 277 g/mol. The van der Waals surface area contributed by atoms with Gasteiger partial charge >= 0.3 is 0 Å². The van der Waals surface area contributed by atoms with Crippen LogP contribution >= 0.6 is 11.8 Å². The van der Waals surface area contributed by atoms with Crippen LogP contribution < -0.4 is 10.9 Å². The first-order valence-electron chi connectivity index (χ1n) is 5.77. The molecule has 0 aliphatic rings. The van der Waals surface area contributed by atoms with E-state index in [9.17, 15) is 9.90 Å². The number of aliphatic carboxylic acids is 1. The van der Waals surface area contributed by atoms with Gasteiger partial charge in [-0.05, 0) is 6.42 Å².